The Morgan fingerprint density at radius 1 is 1.12 bits per heavy atom. The lowest BCUT2D eigenvalue weighted by molar-refractivity contribution is -0.148. The van der Waals surface area contributed by atoms with Crippen LogP contribution in [0.15, 0.2) is 48.5 Å². The Kier molecular flexibility index (Phi) is 7.38. The number of amides is 2. The van der Waals surface area contributed by atoms with Gasteiger partial charge in [0.2, 0.25) is 0 Å². The van der Waals surface area contributed by atoms with Crippen LogP contribution in [-0.4, -0.2) is 57.1 Å². The van der Waals surface area contributed by atoms with Gasteiger partial charge in [-0.3, -0.25) is 10.1 Å². The van der Waals surface area contributed by atoms with Crippen LogP contribution in [-0.2, 0) is 9.53 Å². The first-order chi connectivity index (χ1) is 15.5. The fourth-order valence-electron chi connectivity index (χ4n) is 3.94. The number of hydroxylamine groups is 2. The third-order valence-electron chi connectivity index (χ3n) is 5.48. The quantitative estimate of drug-likeness (QED) is 0.253. The van der Waals surface area contributed by atoms with Gasteiger partial charge >= 0.3 is 12.0 Å². The standard InChI is InChI=1S/C22H24Cl2N4O4S/c1-13(18(29)32-4)27-21(33)26(17-11-7-15(24)8-12-17)19(22(27,2)3)28(31)20(30)25-16-9-5-14(23)6-10-16/h5-13,19,31H,1-4H3,(H,25,30)/t13-,19-/m0/s1. The number of urea groups is 1. The summed E-state index contributed by atoms with van der Waals surface area (Å²) in [4.78, 5) is 28.6. The maximum absolute atomic E-state index is 13.0. The van der Waals surface area contributed by atoms with Crippen molar-refractivity contribution in [3.63, 3.8) is 0 Å². The van der Waals surface area contributed by atoms with Gasteiger partial charge in [0.05, 0.1) is 12.6 Å². The number of hydrogen-bond acceptors (Lipinski definition) is 5. The average Bonchev–Trinajstić information content (AvgIpc) is 2.99. The number of esters is 1. The predicted octanol–water partition coefficient (Wildman–Crippen LogP) is 4.99. The van der Waals surface area contributed by atoms with Crippen LogP contribution in [0, 0.1) is 0 Å². The molecule has 0 bridgehead atoms. The number of halogens is 2. The van der Waals surface area contributed by atoms with Crippen molar-refractivity contribution in [2.24, 2.45) is 0 Å². The molecular formula is C22H24Cl2N4O4S. The van der Waals surface area contributed by atoms with Gasteiger partial charge in [0.15, 0.2) is 11.3 Å². The SMILES string of the molecule is COC(=O)[C@H](C)N1C(=S)N(c2ccc(Cl)cc2)[C@@H](N(O)C(=O)Nc2ccc(Cl)cc2)C1(C)C. The van der Waals surface area contributed by atoms with Gasteiger partial charge in [-0.25, -0.2) is 9.59 Å². The summed E-state index contributed by atoms with van der Waals surface area (Å²) < 4.78 is 4.91. The Labute approximate surface area is 207 Å². The minimum Gasteiger partial charge on any atom is -0.467 e. The van der Waals surface area contributed by atoms with E-state index in [9.17, 15) is 14.8 Å². The molecule has 11 heteroatoms. The number of nitrogens with one attached hydrogen (secondary N) is 1. The molecule has 0 unspecified atom stereocenters. The molecule has 1 fully saturated rings. The third-order valence-corrected chi connectivity index (χ3v) is 6.38. The van der Waals surface area contributed by atoms with Gasteiger partial charge in [-0.1, -0.05) is 23.2 Å². The molecule has 0 aromatic heterocycles. The van der Waals surface area contributed by atoms with Crippen molar-refractivity contribution >= 4 is 63.9 Å². The number of benzene rings is 2. The number of ether oxygens (including phenoxy) is 1. The van der Waals surface area contributed by atoms with Gasteiger partial charge in [-0.15, -0.1) is 0 Å². The summed E-state index contributed by atoms with van der Waals surface area (Å²) in [6.45, 7) is 5.20. The summed E-state index contributed by atoms with van der Waals surface area (Å²) in [5.41, 5.74) is 0.0243. The van der Waals surface area contributed by atoms with E-state index in [2.05, 4.69) is 5.32 Å². The fraction of sp³-hybridized carbons (Fsp3) is 0.318. The molecule has 1 heterocycles. The zero-order valence-corrected chi connectivity index (χ0v) is 20.8. The number of thiocarbonyl (C=S) groups is 1. The number of anilines is 2. The Balaban J connectivity index is 2.02. The van der Waals surface area contributed by atoms with E-state index in [1.54, 1.807) is 79.1 Å². The summed E-state index contributed by atoms with van der Waals surface area (Å²) in [6.07, 6.45) is -0.995. The minimum absolute atomic E-state index is 0.239. The number of rotatable bonds is 5. The second-order valence-electron chi connectivity index (χ2n) is 8.01. The van der Waals surface area contributed by atoms with Gasteiger partial charge in [0.1, 0.15) is 6.04 Å². The normalized spacial score (nSPS) is 18.2. The molecule has 0 radical (unpaired) electrons. The molecule has 33 heavy (non-hydrogen) atoms. The Morgan fingerprint density at radius 2 is 1.64 bits per heavy atom. The van der Waals surface area contributed by atoms with E-state index >= 15 is 0 Å². The summed E-state index contributed by atoms with van der Waals surface area (Å²) in [6, 6.07) is 11.7. The van der Waals surface area contributed by atoms with E-state index in [1.165, 1.54) is 7.11 Å². The lowest BCUT2D eigenvalue weighted by Gasteiger charge is -2.40. The zero-order valence-electron chi connectivity index (χ0n) is 18.5. The van der Waals surface area contributed by atoms with Crippen molar-refractivity contribution < 1.29 is 19.5 Å². The van der Waals surface area contributed by atoms with Crippen LogP contribution in [0.2, 0.25) is 10.0 Å². The molecule has 2 aromatic carbocycles. The molecule has 0 spiro atoms. The smallest absolute Gasteiger partial charge is 0.347 e. The molecule has 2 amide bonds. The molecular weight excluding hydrogens is 487 g/mol. The van der Waals surface area contributed by atoms with Gasteiger partial charge in [0, 0.05) is 21.4 Å². The van der Waals surface area contributed by atoms with Crippen molar-refractivity contribution in [2.45, 2.75) is 38.5 Å². The van der Waals surface area contributed by atoms with Crippen LogP contribution >= 0.6 is 35.4 Å². The fourth-order valence-corrected chi connectivity index (χ4v) is 4.79. The zero-order chi connectivity index (χ0) is 24.5. The van der Waals surface area contributed by atoms with Crippen molar-refractivity contribution in [2.75, 3.05) is 17.3 Å². The van der Waals surface area contributed by atoms with Crippen molar-refractivity contribution in [1.29, 1.82) is 0 Å². The Bertz CT molecular complexity index is 1050. The first-order valence-corrected chi connectivity index (χ1v) is 11.2. The Hall–Kier alpha value is -2.59. The summed E-state index contributed by atoms with van der Waals surface area (Å²) >= 11 is 17.7. The predicted molar refractivity (Wildman–Crippen MR) is 132 cm³/mol. The van der Waals surface area contributed by atoms with Gasteiger partial charge < -0.3 is 15.0 Å². The Morgan fingerprint density at radius 3 is 2.15 bits per heavy atom. The van der Waals surface area contributed by atoms with E-state index < -0.39 is 29.7 Å². The van der Waals surface area contributed by atoms with Crippen LogP contribution in [0.4, 0.5) is 16.2 Å². The summed E-state index contributed by atoms with van der Waals surface area (Å²) in [7, 11) is 1.29. The number of carbonyl (C=O) groups excluding carboxylic acids is 2. The van der Waals surface area contributed by atoms with E-state index in [0.717, 1.165) is 0 Å². The van der Waals surface area contributed by atoms with Crippen LogP contribution in [0.25, 0.3) is 0 Å². The monoisotopic (exact) mass is 510 g/mol. The number of carbonyl (C=O) groups is 2. The maximum Gasteiger partial charge on any atom is 0.347 e. The van der Waals surface area contributed by atoms with Crippen LogP contribution in [0.1, 0.15) is 20.8 Å². The lowest BCUT2D eigenvalue weighted by atomic mass is 9.98. The number of methoxy groups -OCH3 is 1. The van der Waals surface area contributed by atoms with Crippen molar-refractivity contribution in [3.8, 4) is 0 Å². The number of nitrogens with zero attached hydrogens (tertiary/aromatic N) is 3. The van der Waals surface area contributed by atoms with Crippen molar-refractivity contribution in [3.05, 3.63) is 58.6 Å². The largest absolute Gasteiger partial charge is 0.467 e. The van der Waals surface area contributed by atoms with Gasteiger partial charge in [-0.05, 0) is 81.5 Å². The van der Waals surface area contributed by atoms with Gasteiger partial charge in [0.25, 0.3) is 0 Å². The van der Waals surface area contributed by atoms with E-state index in [1.807, 2.05) is 0 Å². The van der Waals surface area contributed by atoms with Crippen LogP contribution < -0.4 is 10.2 Å². The molecule has 3 rings (SSSR count). The molecule has 1 saturated heterocycles. The highest BCUT2D eigenvalue weighted by Gasteiger charge is 2.56. The van der Waals surface area contributed by atoms with Gasteiger partial charge in [-0.2, -0.15) is 5.06 Å². The molecule has 2 aromatic rings. The van der Waals surface area contributed by atoms with E-state index in [4.69, 9.17) is 40.2 Å². The van der Waals surface area contributed by atoms with Crippen molar-refractivity contribution in [1.82, 2.24) is 9.96 Å². The maximum atomic E-state index is 13.0. The minimum atomic E-state index is -1.00. The molecule has 8 nitrogen and oxygen atoms in total. The summed E-state index contributed by atoms with van der Waals surface area (Å²) in [5, 5.41) is 15.6. The average molecular weight is 511 g/mol. The molecule has 176 valence electrons. The molecule has 0 aliphatic carbocycles. The highest BCUT2D eigenvalue weighted by atomic mass is 35.5. The van der Waals surface area contributed by atoms with E-state index in [-0.39, 0.29) is 5.11 Å². The highest BCUT2D eigenvalue weighted by Crippen LogP contribution is 2.40. The second kappa shape index (κ2) is 9.72. The first kappa shape index (κ1) is 25.0. The summed E-state index contributed by atoms with van der Waals surface area (Å²) in [5.74, 6) is -0.503. The van der Waals surface area contributed by atoms with Crippen LogP contribution in [0.5, 0.6) is 0 Å². The molecule has 1 aliphatic rings. The topological polar surface area (TPSA) is 85.3 Å². The third kappa shape index (κ3) is 4.86. The lowest BCUT2D eigenvalue weighted by Crippen LogP contribution is -2.59. The molecule has 1 aliphatic heterocycles. The van der Waals surface area contributed by atoms with E-state index in [0.29, 0.717) is 26.5 Å². The highest BCUT2D eigenvalue weighted by molar-refractivity contribution is 7.80. The molecule has 0 saturated carbocycles. The van der Waals surface area contributed by atoms with Crippen LogP contribution in [0.3, 0.4) is 0 Å². The molecule has 2 atom stereocenters. The second-order valence-corrected chi connectivity index (χ2v) is 9.25. The number of hydrogen-bond donors (Lipinski definition) is 2. The molecule has 2 N–H and O–H groups in total. The first-order valence-electron chi connectivity index (χ1n) is 9.99.